The topological polar surface area (TPSA) is 53.9 Å². The highest BCUT2D eigenvalue weighted by molar-refractivity contribution is 6.30. The van der Waals surface area contributed by atoms with Crippen LogP contribution in [-0.4, -0.2) is 21.5 Å². The van der Waals surface area contributed by atoms with Crippen LogP contribution in [0, 0.1) is 11.6 Å². The van der Waals surface area contributed by atoms with E-state index in [1.165, 1.54) is 18.5 Å². The van der Waals surface area contributed by atoms with Gasteiger partial charge in [-0.05, 0) is 60.9 Å². The number of nitrogens with one attached hydrogen (secondary N) is 1. The molecule has 1 atom stereocenters. The molecule has 0 saturated carbocycles. The van der Waals surface area contributed by atoms with Crippen LogP contribution < -0.4 is 10.2 Å². The van der Waals surface area contributed by atoms with Gasteiger partial charge in [0.15, 0.2) is 5.82 Å². The van der Waals surface area contributed by atoms with Gasteiger partial charge in [0, 0.05) is 23.7 Å². The van der Waals surface area contributed by atoms with E-state index in [-0.39, 0.29) is 6.04 Å². The lowest BCUT2D eigenvalue weighted by atomic mass is 10.0. The van der Waals surface area contributed by atoms with E-state index < -0.39 is 11.6 Å². The molecule has 0 radical (unpaired) electrons. The zero-order chi connectivity index (χ0) is 22.1. The third kappa shape index (κ3) is 4.08. The summed E-state index contributed by atoms with van der Waals surface area (Å²) in [6.45, 7) is 1.26. The number of benzene rings is 2. The van der Waals surface area contributed by atoms with E-state index in [0.29, 0.717) is 46.3 Å². The minimum atomic E-state index is -0.443. The van der Waals surface area contributed by atoms with Crippen molar-refractivity contribution in [3.8, 4) is 0 Å². The van der Waals surface area contributed by atoms with Crippen molar-refractivity contribution in [1.29, 1.82) is 0 Å². The number of aromatic nitrogens is 3. The first-order chi connectivity index (χ1) is 15.6. The Bertz CT molecular complexity index is 1270. The van der Waals surface area contributed by atoms with Crippen LogP contribution in [-0.2, 0) is 6.54 Å². The summed E-state index contributed by atoms with van der Waals surface area (Å²) >= 11 is 5.96. The SMILES string of the molecule is Fc1ccc(F)c([C@H]2CCCN2c2ccc3ncnc(NCc4ccc(Cl)cc4)c3n2)c1. The molecule has 0 bridgehead atoms. The van der Waals surface area contributed by atoms with Crippen LogP contribution in [0.5, 0.6) is 0 Å². The molecule has 162 valence electrons. The lowest BCUT2D eigenvalue weighted by molar-refractivity contribution is 0.560. The predicted molar refractivity (Wildman–Crippen MR) is 122 cm³/mol. The van der Waals surface area contributed by atoms with Crippen molar-refractivity contribution in [2.24, 2.45) is 0 Å². The van der Waals surface area contributed by atoms with Crippen LogP contribution in [0.3, 0.4) is 0 Å². The molecule has 0 amide bonds. The normalized spacial score (nSPS) is 16.0. The molecular weight excluding hydrogens is 432 g/mol. The van der Waals surface area contributed by atoms with E-state index in [9.17, 15) is 8.78 Å². The van der Waals surface area contributed by atoms with Crippen molar-refractivity contribution in [2.75, 3.05) is 16.8 Å². The van der Waals surface area contributed by atoms with Crippen molar-refractivity contribution >= 4 is 34.3 Å². The smallest absolute Gasteiger partial charge is 0.156 e. The molecule has 0 aliphatic carbocycles. The molecule has 2 aromatic heterocycles. The van der Waals surface area contributed by atoms with Crippen molar-refractivity contribution < 1.29 is 8.78 Å². The highest BCUT2D eigenvalue weighted by atomic mass is 35.5. The number of fused-ring (bicyclic) bond motifs is 1. The molecule has 1 aliphatic heterocycles. The Balaban J connectivity index is 1.46. The average Bonchev–Trinajstić information content (AvgIpc) is 3.29. The van der Waals surface area contributed by atoms with E-state index in [1.807, 2.05) is 41.3 Å². The summed E-state index contributed by atoms with van der Waals surface area (Å²) in [5, 5.41) is 4.00. The van der Waals surface area contributed by atoms with Gasteiger partial charge in [-0.1, -0.05) is 23.7 Å². The molecule has 1 saturated heterocycles. The van der Waals surface area contributed by atoms with Gasteiger partial charge in [-0.3, -0.25) is 0 Å². The Kier molecular flexibility index (Phi) is 5.57. The van der Waals surface area contributed by atoms with Gasteiger partial charge < -0.3 is 10.2 Å². The van der Waals surface area contributed by atoms with Crippen molar-refractivity contribution in [3.05, 3.63) is 88.7 Å². The van der Waals surface area contributed by atoms with Crippen molar-refractivity contribution in [2.45, 2.75) is 25.4 Å². The summed E-state index contributed by atoms with van der Waals surface area (Å²) in [4.78, 5) is 15.5. The van der Waals surface area contributed by atoms with Crippen LogP contribution in [0.2, 0.25) is 5.02 Å². The van der Waals surface area contributed by atoms with Gasteiger partial charge in [0.1, 0.15) is 29.3 Å². The summed E-state index contributed by atoms with van der Waals surface area (Å²) in [6.07, 6.45) is 3.09. The molecule has 4 aromatic rings. The first-order valence-corrected chi connectivity index (χ1v) is 10.8. The van der Waals surface area contributed by atoms with Gasteiger partial charge in [-0.2, -0.15) is 0 Å². The molecule has 5 nitrogen and oxygen atoms in total. The monoisotopic (exact) mass is 451 g/mol. The highest BCUT2D eigenvalue weighted by Crippen LogP contribution is 2.37. The van der Waals surface area contributed by atoms with Gasteiger partial charge in [0.25, 0.3) is 0 Å². The van der Waals surface area contributed by atoms with Gasteiger partial charge in [0.2, 0.25) is 0 Å². The molecule has 5 rings (SSSR count). The molecule has 1 aliphatic rings. The summed E-state index contributed by atoms with van der Waals surface area (Å²) in [5.41, 5.74) is 2.74. The lowest BCUT2D eigenvalue weighted by Crippen LogP contribution is -2.24. The molecule has 8 heteroatoms. The zero-order valence-electron chi connectivity index (χ0n) is 17.1. The van der Waals surface area contributed by atoms with Crippen LogP contribution in [0.1, 0.15) is 30.0 Å². The Hall–Kier alpha value is -3.32. The van der Waals surface area contributed by atoms with Crippen LogP contribution in [0.4, 0.5) is 20.4 Å². The second-order valence-corrected chi connectivity index (χ2v) is 8.19. The van der Waals surface area contributed by atoms with E-state index in [1.54, 1.807) is 0 Å². The van der Waals surface area contributed by atoms with Crippen LogP contribution in [0.25, 0.3) is 11.0 Å². The zero-order valence-corrected chi connectivity index (χ0v) is 17.9. The van der Waals surface area contributed by atoms with Gasteiger partial charge in [0.05, 0.1) is 11.6 Å². The summed E-state index contributed by atoms with van der Waals surface area (Å²) in [6, 6.07) is 14.6. The van der Waals surface area contributed by atoms with Gasteiger partial charge in [-0.25, -0.2) is 23.7 Å². The molecule has 3 heterocycles. The van der Waals surface area contributed by atoms with Crippen molar-refractivity contribution in [1.82, 2.24) is 15.0 Å². The Morgan fingerprint density at radius 2 is 1.88 bits per heavy atom. The first kappa shape index (κ1) is 20.6. The lowest BCUT2D eigenvalue weighted by Gasteiger charge is -2.26. The van der Waals surface area contributed by atoms with Crippen molar-refractivity contribution in [3.63, 3.8) is 0 Å². The Morgan fingerprint density at radius 3 is 2.72 bits per heavy atom. The molecule has 0 spiro atoms. The summed E-state index contributed by atoms with van der Waals surface area (Å²) in [7, 11) is 0. The maximum Gasteiger partial charge on any atom is 0.156 e. The summed E-state index contributed by atoms with van der Waals surface area (Å²) < 4.78 is 28.3. The largest absolute Gasteiger partial charge is 0.364 e. The number of hydrogen-bond acceptors (Lipinski definition) is 5. The maximum atomic E-state index is 14.5. The fourth-order valence-electron chi connectivity index (χ4n) is 4.14. The average molecular weight is 452 g/mol. The Morgan fingerprint density at radius 1 is 1.03 bits per heavy atom. The Labute approximate surface area is 189 Å². The molecule has 32 heavy (non-hydrogen) atoms. The fourth-order valence-corrected chi connectivity index (χ4v) is 4.27. The number of hydrogen-bond donors (Lipinski definition) is 1. The van der Waals surface area contributed by atoms with E-state index in [2.05, 4.69) is 15.3 Å². The number of anilines is 2. The molecule has 2 aromatic carbocycles. The van der Waals surface area contributed by atoms with Gasteiger partial charge >= 0.3 is 0 Å². The van der Waals surface area contributed by atoms with Gasteiger partial charge in [-0.15, -0.1) is 0 Å². The van der Waals surface area contributed by atoms with E-state index >= 15 is 0 Å². The quantitative estimate of drug-likeness (QED) is 0.409. The molecule has 1 N–H and O–H groups in total. The third-order valence-electron chi connectivity index (χ3n) is 5.70. The fraction of sp³-hybridized carbons (Fsp3) is 0.208. The second kappa shape index (κ2) is 8.67. The predicted octanol–water partition coefficient (Wildman–Crippen LogP) is 5.91. The third-order valence-corrected chi connectivity index (χ3v) is 5.96. The highest BCUT2D eigenvalue weighted by Gasteiger charge is 2.30. The number of rotatable bonds is 5. The number of nitrogens with zero attached hydrogens (tertiary/aromatic N) is 4. The number of pyridine rings is 1. The minimum absolute atomic E-state index is 0.272. The second-order valence-electron chi connectivity index (χ2n) is 7.76. The minimum Gasteiger partial charge on any atom is -0.364 e. The molecular formula is C24H20ClF2N5. The first-order valence-electron chi connectivity index (χ1n) is 10.4. The van der Waals surface area contributed by atoms with E-state index in [0.717, 1.165) is 24.5 Å². The standard InChI is InChI=1S/C24H20ClF2N5/c25-16-5-3-15(4-6-16)13-28-24-23-20(29-14-30-24)9-10-22(31-23)32-11-1-2-21(32)18-12-17(26)7-8-19(18)27/h3-10,12,14,21H,1-2,11,13H2,(H,28,29,30)/t21-/m1/s1. The summed E-state index contributed by atoms with van der Waals surface area (Å²) in [5.74, 6) is 0.451. The number of halogens is 3. The van der Waals surface area contributed by atoms with Crippen LogP contribution in [0.15, 0.2) is 60.9 Å². The molecule has 1 fully saturated rings. The maximum absolute atomic E-state index is 14.5. The van der Waals surface area contributed by atoms with E-state index in [4.69, 9.17) is 16.6 Å². The molecule has 0 unspecified atom stereocenters. The van der Waals surface area contributed by atoms with Crippen LogP contribution >= 0.6 is 11.6 Å².